The predicted octanol–water partition coefficient (Wildman–Crippen LogP) is 3.55. The Morgan fingerprint density at radius 1 is 1.35 bits per heavy atom. The first-order valence-corrected chi connectivity index (χ1v) is 7.43. The number of likely N-dealkylation sites (tertiary alicyclic amines) is 1. The number of amides is 1. The second-order valence-electron chi connectivity index (χ2n) is 6.63. The Balaban J connectivity index is 1.61. The smallest absolute Gasteiger partial charge is 0.270 e. The topological polar surface area (TPSA) is 36.1 Å². The summed E-state index contributed by atoms with van der Waals surface area (Å²) in [5.74, 6) is 1.46. The molecule has 2 fully saturated rings. The maximum Gasteiger partial charge on any atom is 0.270 e. The molecule has 1 N–H and O–H groups in total. The first-order chi connectivity index (χ1) is 9.48. The molecule has 2 unspecified atom stereocenters. The monoisotopic (exact) mass is 288 g/mol. The third-order valence-corrected chi connectivity index (χ3v) is 5.56. The van der Waals surface area contributed by atoms with E-state index >= 15 is 0 Å². The molecule has 0 radical (unpaired) electrons. The van der Waals surface area contributed by atoms with E-state index in [4.69, 9.17) is 11.6 Å². The summed E-state index contributed by atoms with van der Waals surface area (Å²) < 4.78 is 0. The van der Waals surface area contributed by atoms with E-state index in [2.05, 4.69) is 18.8 Å². The van der Waals surface area contributed by atoms with Crippen molar-refractivity contribution < 1.29 is 4.79 Å². The van der Waals surface area contributed by atoms with Gasteiger partial charge in [0.25, 0.3) is 5.91 Å². The van der Waals surface area contributed by atoms with Gasteiger partial charge >= 0.3 is 0 Å². The average molecular weight is 289 g/mol. The van der Waals surface area contributed by atoms with Gasteiger partial charge in [0.2, 0.25) is 0 Å². The number of fused-ring (bicyclic) bond motifs is 2. The van der Waals surface area contributed by atoms with Crippen LogP contribution in [0.4, 0.5) is 0 Å². The van der Waals surface area contributed by atoms with Crippen molar-refractivity contribution in [2.24, 2.45) is 17.3 Å². The summed E-state index contributed by atoms with van der Waals surface area (Å²) in [5.41, 5.74) is 1.93. The standard InChI is InChI=1S/C16H17ClN2O/c1-16(2)10-7-19(8-11(10)16)15(20)13-6-9-4-3-5-12(17)14(9)18-13/h3-6,10-11,18H,7-8H2,1-2H3. The molecule has 1 aromatic heterocycles. The summed E-state index contributed by atoms with van der Waals surface area (Å²) in [6, 6.07) is 7.61. The van der Waals surface area contributed by atoms with Crippen molar-refractivity contribution in [2.75, 3.05) is 13.1 Å². The van der Waals surface area contributed by atoms with E-state index in [0.29, 0.717) is 28.0 Å². The highest BCUT2D eigenvalue weighted by atomic mass is 35.5. The van der Waals surface area contributed by atoms with E-state index in [-0.39, 0.29) is 5.91 Å². The van der Waals surface area contributed by atoms with Crippen molar-refractivity contribution >= 4 is 28.4 Å². The van der Waals surface area contributed by atoms with Gasteiger partial charge in [-0.05, 0) is 29.4 Å². The van der Waals surface area contributed by atoms with Crippen molar-refractivity contribution in [2.45, 2.75) is 13.8 Å². The van der Waals surface area contributed by atoms with Crippen LogP contribution in [0, 0.1) is 17.3 Å². The Morgan fingerprint density at radius 3 is 2.70 bits per heavy atom. The lowest BCUT2D eigenvalue weighted by Gasteiger charge is -2.21. The Morgan fingerprint density at radius 2 is 2.05 bits per heavy atom. The number of piperidine rings is 1. The number of halogens is 1. The van der Waals surface area contributed by atoms with E-state index in [0.717, 1.165) is 24.0 Å². The van der Waals surface area contributed by atoms with E-state index in [9.17, 15) is 4.79 Å². The largest absolute Gasteiger partial charge is 0.349 e. The fraction of sp³-hybridized carbons (Fsp3) is 0.438. The van der Waals surface area contributed by atoms with Crippen LogP contribution in [0.15, 0.2) is 24.3 Å². The lowest BCUT2D eigenvalue weighted by molar-refractivity contribution is 0.0753. The zero-order valence-corrected chi connectivity index (χ0v) is 12.4. The summed E-state index contributed by atoms with van der Waals surface area (Å²) in [6.45, 7) is 6.37. The van der Waals surface area contributed by atoms with Crippen LogP contribution in [0.5, 0.6) is 0 Å². The number of benzene rings is 1. The highest BCUT2D eigenvalue weighted by Gasteiger charge is 2.62. The van der Waals surface area contributed by atoms with Crippen LogP contribution in [0.1, 0.15) is 24.3 Å². The molecule has 1 aliphatic carbocycles. The van der Waals surface area contributed by atoms with Crippen molar-refractivity contribution in [1.29, 1.82) is 0 Å². The van der Waals surface area contributed by atoms with Crippen LogP contribution in [0.3, 0.4) is 0 Å². The van der Waals surface area contributed by atoms with E-state index in [1.807, 2.05) is 29.2 Å². The summed E-state index contributed by atoms with van der Waals surface area (Å²) in [4.78, 5) is 17.7. The summed E-state index contributed by atoms with van der Waals surface area (Å²) in [5, 5.41) is 1.65. The van der Waals surface area contributed by atoms with Crippen LogP contribution >= 0.6 is 11.6 Å². The maximum atomic E-state index is 12.6. The minimum Gasteiger partial charge on any atom is -0.349 e. The number of H-pyrrole nitrogens is 1. The van der Waals surface area contributed by atoms with Crippen LogP contribution < -0.4 is 0 Å². The van der Waals surface area contributed by atoms with Crippen molar-refractivity contribution in [3.05, 3.63) is 35.0 Å². The molecule has 1 saturated heterocycles. The average Bonchev–Trinajstić information content (AvgIpc) is 2.88. The number of carbonyl (C=O) groups excluding carboxylic acids is 1. The Kier molecular flexibility index (Phi) is 2.33. The lowest BCUT2D eigenvalue weighted by Crippen LogP contribution is -2.33. The minimum absolute atomic E-state index is 0.0975. The second-order valence-corrected chi connectivity index (χ2v) is 7.04. The molecule has 2 heterocycles. The van der Waals surface area contributed by atoms with Gasteiger partial charge in [-0.2, -0.15) is 0 Å². The molecule has 1 saturated carbocycles. The zero-order chi connectivity index (χ0) is 14.1. The summed E-state index contributed by atoms with van der Waals surface area (Å²) in [7, 11) is 0. The molecular weight excluding hydrogens is 272 g/mol. The summed E-state index contributed by atoms with van der Waals surface area (Å²) >= 11 is 6.15. The van der Waals surface area contributed by atoms with Gasteiger partial charge < -0.3 is 9.88 Å². The predicted molar refractivity (Wildman–Crippen MR) is 80.0 cm³/mol. The highest BCUT2D eigenvalue weighted by Crippen LogP contribution is 2.62. The molecule has 0 spiro atoms. The Labute approximate surface area is 122 Å². The molecule has 104 valence electrons. The molecule has 1 aromatic carbocycles. The maximum absolute atomic E-state index is 12.6. The number of para-hydroxylation sites is 1. The number of rotatable bonds is 1. The molecule has 3 nitrogen and oxygen atoms in total. The molecule has 2 atom stereocenters. The van der Waals surface area contributed by atoms with Crippen LogP contribution in [-0.2, 0) is 0 Å². The number of aromatic nitrogens is 1. The quantitative estimate of drug-likeness (QED) is 0.856. The van der Waals surface area contributed by atoms with Gasteiger partial charge in [0.05, 0.1) is 10.5 Å². The molecule has 1 aliphatic heterocycles. The zero-order valence-electron chi connectivity index (χ0n) is 11.6. The lowest BCUT2D eigenvalue weighted by atomic mass is 10.1. The summed E-state index contributed by atoms with van der Waals surface area (Å²) in [6.07, 6.45) is 0. The molecule has 2 aromatic rings. The third-order valence-electron chi connectivity index (χ3n) is 5.25. The molecule has 2 aliphatic rings. The molecule has 1 amide bonds. The van der Waals surface area contributed by atoms with E-state index < -0.39 is 0 Å². The van der Waals surface area contributed by atoms with Gasteiger partial charge in [0, 0.05) is 18.5 Å². The number of hydrogen-bond donors (Lipinski definition) is 1. The Bertz CT molecular complexity index is 704. The number of aromatic amines is 1. The van der Waals surface area contributed by atoms with Crippen LogP contribution in [0.2, 0.25) is 5.02 Å². The molecule has 0 bridgehead atoms. The normalized spacial score (nSPS) is 26.9. The van der Waals surface area contributed by atoms with E-state index in [1.54, 1.807) is 0 Å². The third kappa shape index (κ3) is 1.56. The van der Waals surface area contributed by atoms with Crippen molar-refractivity contribution in [3.8, 4) is 0 Å². The first kappa shape index (κ1) is 12.3. The van der Waals surface area contributed by atoms with Gasteiger partial charge in [0.1, 0.15) is 5.69 Å². The number of nitrogens with one attached hydrogen (secondary N) is 1. The molecule has 4 rings (SSSR count). The first-order valence-electron chi connectivity index (χ1n) is 7.05. The minimum atomic E-state index is 0.0975. The number of nitrogens with zero attached hydrogens (tertiary/aromatic N) is 1. The fourth-order valence-corrected chi connectivity index (χ4v) is 3.93. The van der Waals surface area contributed by atoms with Gasteiger partial charge in [-0.15, -0.1) is 0 Å². The second kappa shape index (κ2) is 3.79. The molecular formula is C16H17ClN2O. The molecule has 20 heavy (non-hydrogen) atoms. The van der Waals surface area contributed by atoms with Gasteiger partial charge in [-0.3, -0.25) is 4.79 Å². The van der Waals surface area contributed by atoms with Crippen molar-refractivity contribution in [1.82, 2.24) is 9.88 Å². The van der Waals surface area contributed by atoms with Crippen molar-refractivity contribution in [3.63, 3.8) is 0 Å². The van der Waals surface area contributed by atoms with Gasteiger partial charge in [0.15, 0.2) is 0 Å². The van der Waals surface area contributed by atoms with Crippen LogP contribution in [-0.4, -0.2) is 28.9 Å². The number of carbonyl (C=O) groups is 1. The highest BCUT2D eigenvalue weighted by molar-refractivity contribution is 6.35. The fourth-order valence-electron chi connectivity index (χ4n) is 3.70. The van der Waals surface area contributed by atoms with Gasteiger partial charge in [-0.25, -0.2) is 0 Å². The Hall–Kier alpha value is -1.48. The van der Waals surface area contributed by atoms with Gasteiger partial charge in [-0.1, -0.05) is 37.6 Å². The SMILES string of the molecule is CC1(C)C2CN(C(=O)c3cc4cccc(Cl)c4[nH]3)CC21. The molecule has 4 heteroatoms. The number of hydrogen-bond acceptors (Lipinski definition) is 1. The van der Waals surface area contributed by atoms with Crippen LogP contribution in [0.25, 0.3) is 10.9 Å². The van der Waals surface area contributed by atoms with E-state index in [1.165, 1.54) is 0 Å².